The van der Waals surface area contributed by atoms with Gasteiger partial charge in [-0.25, -0.2) is 0 Å². The summed E-state index contributed by atoms with van der Waals surface area (Å²) in [6.07, 6.45) is 0.174. The normalized spacial score (nSPS) is 13.6. The van der Waals surface area contributed by atoms with Crippen LogP contribution in [0.25, 0.3) is 0 Å². The minimum Gasteiger partial charge on any atom is -0.481 e. The highest BCUT2D eigenvalue weighted by Crippen LogP contribution is 2.26. The second-order valence-corrected chi connectivity index (χ2v) is 6.43. The third kappa shape index (κ3) is 5.03. The van der Waals surface area contributed by atoms with Crippen molar-refractivity contribution in [1.29, 1.82) is 0 Å². The maximum atomic E-state index is 11.0. The summed E-state index contributed by atoms with van der Waals surface area (Å²) in [6, 6.07) is 8.36. The number of aliphatic carboxylic acids is 1. The molecule has 1 atom stereocenters. The Labute approximate surface area is 116 Å². The highest BCUT2D eigenvalue weighted by molar-refractivity contribution is 5.68. The van der Waals surface area contributed by atoms with Gasteiger partial charge in [-0.15, -0.1) is 0 Å². The Hall–Kier alpha value is -1.35. The van der Waals surface area contributed by atoms with Crippen molar-refractivity contribution in [1.82, 2.24) is 4.90 Å². The molecule has 0 bridgehead atoms. The molecule has 0 radical (unpaired) electrons. The maximum absolute atomic E-state index is 11.0. The molecule has 1 aromatic carbocycles. The molecule has 0 saturated heterocycles. The third-order valence-corrected chi connectivity index (χ3v) is 3.25. The van der Waals surface area contributed by atoms with Crippen molar-refractivity contribution in [3.63, 3.8) is 0 Å². The molecular formula is C16H25NO2. The Morgan fingerprint density at radius 1 is 1.21 bits per heavy atom. The summed E-state index contributed by atoms with van der Waals surface area (Å²) in [6.45, 7) is 7.28. The van der Waals surface area contributed by atoms with Gasteiger partial charge in [0.1, 0.15) is 0 Å². The predicted octanol–water partition coefficient (Wildman–Crippen LogP) is 3.10. The van der Waals surface area contributed by atoms with E-state index in [9.17, 15) is 4.79 Å². The first-order valence-electron chi connectivity index (χ1n) is 6.67. The van der Waals surface area contributed by atoms with Crippen LogP contribution in [0.3, 0.4) is 0 Å². The lowest BCUT2D eigenvalue weighted by Gasteiger charge is -2.23. The van der Waals surface area contributed by atoms with Crippen molar-refractivity contribution < 1.29 is 9.90 Å². The van der Waals surface area contributed by atoms with E-state index in [1.54, 1.807) is 0 Å². The Kier molecular flexibility index (Phi) is 5.12. The molecule has 3 heteroatoms. The molecule has 1 unspecified atom stereocenters. The summed E-state index contributed by atoms with van der Waals surface area (Å²) in [5.74, 6) is -0.701. The van der Waals surface area contributed by atoms with Crippen LogP contribution < -0.4 is 0 Å². The van der Waals surface area contributed by atoms with Crippen molar-refractivity contribution in [3.05, 3.63) is 35.4 Å². The van der Waals surface area contributed by atoms with E-state index in [2.05, 4.69) is 45.0 Å². The number of hydrogen-bond acceptors (Lipinski definition) is 2. The molecular weight excluding hydrogens is 238 g/mol. The van der Waals surface area contributed by atoms with Gasteiger partial charge in [-0.05, 0) is 30.6 Å². The van der Waals surface area contributed by atoms with Gasteiger partial charge in [0.2, 0.25) is 0 Å². The van der Waals surface area contributed by atoms with Gasteiger partial charge in [0, 0.05) is 12.5 Å². The predicted molar refractivity (Wildman–Crippen MR) is 78.7 cm³/mol. The highest BCUT2D eigenvalue weighted by atomic mass is 16.4. The third-order valence-electron chi connectivity index (χ3n) is 3.25. The summed E-state index contributed by atoms with van der Waals surface area (Å²) in [7, 11) is 3.94. The quantitative estimate of drug-likeness (QED) is 0.887. The summed E-state index contributed by atoms with van der Waals surface area (Å²) in [4.78, 5) is 13.0. The molecule has 106 valence electrons. The van der Waals surface area contributed by atoms with Gasteiger partial charge in [-0.1, -0.05) is 45.0 Å². The van der Waals surface area contributed by atoms with Gasteiger partial charge in [-0.3, -0.25) is 4.79 Å². The maximum Gasteiger partial charge on any atom is 0.304 e. The fraction of sp³-hybridized carbons (Fsp3) is 0.562. The lowest BCUT2D eigenvalue weighted by molar-refractivity contribution is -0.137. The Morgan fingerprint density at radius 3 is 2.11 bits per heavy atom. The zero-order chi connectivity index (χ0) is 14.6. The molecule has 0 aromatic heterocycles. The number of benzene rings is 1. The molecule has 1 rings (SSSR count). The van der Waals surface area contributed by atoms with E-state index in [0.29, 0.717) is 0 Å². The van der Waals surface area contributed by atoms with Crippen LogP contribution in [0.5, 0.6) is 0 Å². The Bertz CT molecular complexity index is 415. The summed E-state index contributed by atoms with van der Waals surface area (Å²) in [5, 5.41) is 9.02. The minimum absolute atomic E-state index is 0.0431. The van der Waals surface area contributed by atoms with Crippen molar-refractivity contribution in [2.45, 2.75) is 38.5 Å². The molecule has 0 saturated carbocycles. The minimum atomic E-state index is -0.744. The van der Waals surface area contributed by atoms with Gasteiger partial charge < -0.3 is 10.0 Å². The van der Waals surface area contributed by atoms with Crippen LogP contribution in [-0.4, -0.2) is 36.6 Å². The Morgan fingerprint density at radius 2 is 1.74 bits per heavy atom. The van der Waals surface area contributed by atoms with E-state index in [1.807, 2.05) is 19.0 Å². The number of hydrogen-bond donors (Lipinski definition) is 1. The van der Waals surface area contributed by atoms with Crippen molar-refractivity contribution in [3.8, 4) is 0 Å². The van der Waals surface area contributed by atoms with E-state index >= 15 is 0 Å². The molecule has 3 nitrogen and oxygen atoms in total. The molecule has 0 aliphatic rings. The smallest absolute Gasteiger partial charge is 0.304 e. The first-order chi connectivity index (χ1) is 8.70. The fourth-order valence-electron chi connectivity index (χ4n) is 2.19. The van der Waals surface area contributed by atoms with Crippen LogP contribution in [0, 0.1) is 0 Å². The average Bonchev–Trinajstić information content (AvgIpc) is 2.26. The standard InChI is InChI=1S/C16H25NO2/c1-16(2,3)14-8-6-12(7-9-14)13(10-15(18)19)11-17(4)5/h6-9,13H,10-11H2,1-5H3,(H,18,19). The molecule has 0 spiro atoms. The molecule has 19 heavy (non-hydrogen) atoms. The van der Waals surface area contributed by atoms with Crippen molar-refractivity contribution in [2.24, 2.45) is 0 Å². The van der Waals surface area contributed by atoms with Crippen LogP contribution in [0.2, 0.25) is 0 Å². The average molecular weight is 263 g/mol. The van der Waals surface area contributed by atoms with Gasteiger partial charge in [-0.2, -0.15) is 0 Å². The second-order valence-electron chi connectivity index (χ2n) is 6.43. The molecule has 1 N–H and O–H groups in total. The van der Waals surface area contributed by atoms with Gasteiger partial charge >= 0.3 is 5.97 Å². The Balaban J connectivity index is 2.93. The number of carbonyl (C=O) groups is 1. The molecule has 0 aliphatic heterocycles. The molecule has 0 heterocycles. The molecule has 1 aromatic rings. The van der Waals surface area contributed by atoms with Crippen molar-refractivity contribution in [2.75, 3.05) is 20.6 Å². The van der Waals surface area contributed by atoms with E-state index in [-0.39, 0.29) is 17.8 Å². The fourth-order valence-corrected chi connectivity index (χ4v) is 2.19. The van der Waals surface area contributed by atoms with Crippen LogP contribution in [0.15, 0.2) is 24.3 Å². The van der Waals surface area contributed by atoms with Gasteiger partial charge in [0.05, 0.1) is 6.42 Å². The first-order valence-corrected chi connectivity index (χ1v) is 6.67. The number of carboxylic acids is 1. The summed E-state index contributed by atoms with van der Waals surface area (Å²) >= 11 is 0. The van der Waals surface area contributed by atoms with Crippen LogP contribution in [0.4, 0.5) is 0 Å². The van der Waals surface area contributed by atoms with E-state index in [1.165, 1.54) is 5.56 Å². The monoisotopic (exact) mass is 263 g/mol. The number of nitrogens with zero attached hydrogens (tertiary/aromatic N) is 1. The van der Waals surface area contributed by atoms with Crippen LogP contribution in [-0.2, 0) is 10.2 Å². The molecule has 0 aliphatic carbocycles. The summed E-state index contributed by atoms with van der Waals surface area (Å²) < 4.78 is 0. The van der Waals surface area contributed by atoms with E-state index in [0.717, 1.165) is 12.1 Å². The lowest BCUT2D eigenvalue weighted by Crippen LogP contribution is -2.22. The SMILES string of the molecule is CN(C)CC(CC(=O)O)c1ccc(C(C)(C)C)cc1. The highest BCUT2D eigenvalue weighted by Gasteiger charge is 2.18. The van der Waals surface area contributed by atoms with Gasteiger partial charge in [0.15, 0.2) is 0 Å². The zero-order valence-electron chi connectivity index (χ0n) is 12.6. The van der Waals surface area contributed by atoms with Crippen LogP contribution >= 0.6 is 0 Å². The number of likely N-dealkylation sites (N-methyl/N-ethyl adjacent to an activating group) is 1. The van der Waals surface area contributed by atoms with Gasteiger partial charge in [0.25, 0.3) is 0 Å². The van der Waals surface area contributed by atoms with E-state index in [4.69, 9.17) is 5.11 Å². The molecule has 0 fully saturated rings. The second kappa shape index (κ2) is 6.20. The van der Waals surface area contributed by atoms with Crippen LogP contribution in [0.1, 0.15) is 44.2 Å². The van der Waals surface area contributed by atoms with E-state index < -0.39 is 5.97 Å². The number of carboxylic acid groups (broad SMARTS) is 1. The first kappa shape index (κ1) is 15.7. The largest absolute Gasteiger partial charge is 0.481 e. The van der Waals surface area contributed by atoms with Crippen molar-refractivity contribution >= 4 is 5.97 Å². The summed E-state index contributed by atoms with van der Waals surface area (Å²) in [5.41, 5.74) is 2.50. The zero-order valence-corrected chi connectivity index (χ0v) is 12.6. The number of rotatable bonds is 5. The lowest BCUT2D eigenvalue weighted by atomic mass is 9.85. The topological polar surface area (TPSA) is 40.5 Å². The molecule has 0 amide bonds.